The topological polar surface area (TPSA) is 47.0 Å². The van der Waals surface area contributed by atoms with Gasteiger partial charge >= 0.3 is 0 Å². The lowest BCUT2D eigenvalue weighted by atomic mass is 10.3. The largest absolute Gasteiger partial charge is 0.436 e. The normalized spacial score (nSPS) is 14.2. The van der Waals surface area contributed by atoms with Crippen molar-refractivity contribution in [2.45, 2.75) is 25.4 Å². The SMILES string of the molecule is Fc1cc(Oc2cncc(CNC3CC3)n2)c(Br)cc1Cl. The Balaban J connectivity index is 1.74. The Hall–Kier alpha value is -1.24. The molecule has 3 rings (SSSR count). The minimum absolute atomic E-state index is 0.0303. The van der Waals surface area contributed by atoms with Crippen molar-refractivity contribution in [2.75, 3.05) is 0 Å². The molecule has 0 saturated heterocycles. The van der Waals surface area contributed by atoms with Gasteiger partial charge in [0.1, 0.15) is 11.6 Å². The minimum Gasteiger partial charge on any atom is -0.436 e. The third kappa shape index (κ3) is 3.90. The summed E-state index contributed by atoms with van der Waals surface area (Å²) in [5, 5.41) is 3.38. The zero-order valence-electron chi connectivity index (χ0n) is 10.9. The summed E-state index contributed by atoms with van der Waals surface area (Å²) in [6, 6.07) is 3.25. The summed E-state index contributed by atoms with van der Waals surface area (Å²) in [7, 11) is 0. The predicted molar refractivity (Wildman–Crippen MR) is 81.1 cm³/mol. The van der Waals surface area contributed by atoms with Crippen LogP contribution < -0.4 is 10.1 Å². The van der Waals surface area contributed by atoms with Crippen molar-refractivity contribution >= 4 is 27.5 Å². The summed E-state index contributed by atoms with van der Waals surface area (Å²) < 4.78 is 19.6. The van der Waals surface area contributed by atoms with E-state index >= 15 is 0 Å². The lowest BCUT2D eigenvalue weighted by molar-refractivity contribution is 0.449. The molecule has 0 unspecified atom stereocenters. The first kappa shape index (κ1) is 14.7. The number of aromatic nitrogens is 2. The number of benzene rings is 1. The predicted octanol–water partition coefficient (Wildman–Crippen LogP) is 4.08. The van der Waals surface area contributed by atoms with Gasteiger partial charge in [-0.3, -0.25) is 4.98 Å². The monoisotopic (exact) mass is 371 g/mol. The van der Waals surface area contributed by atoms with Crippen LogP contribution in [-0.4, -0.2) is 16.0 Å². The van der Waals surface area contributed by atoms with Crippen LogP contribution in [0.3, 0.4) is 0 Å². The van der Waals surface area contributed by atoms with Crippen LogP contribution in [0.25, 0.3) is 0 Å². The number of nitrogens with one attached hydrogen (secondary N) is 1. The number of rotatable bonds is 5. The summed E-state index contributed by atoms with van der Waals surface area (Å²) in [5.74, 6) is 0.0698. The van der Waals surface area contributed by atoms with E-state index in [9.17, 15) is 4.39 Å². The Labute approximate surface area is 134 Å². The van der Waals surface area contributed by atoms with E-state index in [-0.39, 0.29) is 5.02 Å². The lowest BCUT2D eigenvalue weighted by Crippen LogP contribution is -2.16. The zero-order valence-corrected chi connectivity index (χ0v) is 13.3. The molecule has 1 aromatic carbocycles. The van der Waals surface area contributed by atoms with Crippen molar-refractivity contribution in [1.82, 2.24) is 15.3 Å². The second-order valence-corrected chi connectivity index (χ2v) is 6.06. The van der Waals surface area contributed by atoms with Gasteiger partial charge in [-0.1, -0.05) is 11.6 Å². The highest BCUT2D eigenvalue weighted by Crippen LogP contribution is 2.33. The molecule has 21 heavy (non-hydrogen) atoms. The molecule has 0 amide bonds. The summed E-state index contributed by atoms with van der Waals surface area (Å²) in [6.07, 6.45) is 5.58. The standard InChI is InChI=1S/C14H12BrClFN3O/c15-10-3-11(16)12(17)4-13(10)21-14-7-18-5-9(20-14)6-19-8-1-2-8/h3-5,7-8,19H,1-2,6H2. The fourth-order valence-corrected chi connectivity index (χ4v) is 2.47. The van der Waals surface area contributed by atoms with E-state index in [1.54, 1.807) is 6.20 Å². The van der Waals surface area contributed by atoms with Gasteiger partial charge in [-0.15, -0.1) is 0 Å². The highest BCUT2D eigenvalue weighted by molar-refractivity contribution is 9.10. The van der Waals surface area contributed by atoms with Crippen LogP contribution in [0.15, 0.2) is 29.0 Å². The van der Waals surface area contributed by atoms with Gasteiger partial charge in [0.25, 0.3) is 0 Å². The van der Waals surface area contributed by atoms with Crippen LogP contribution in [0.1, 0.15) is 18.5 Å². The van der Waals surface area contributed by atoms with E-state index in [0.717, 1.165) is 5.69 Å². The molecule has 0 radical (unpaired) electrons. The quantitative estimate of drug-likeness (QED) is 0.804. The average molecular weight is 373 g/mol. The molecule has 7 heteroatoms. The van der Waals surface area contributed by atoms with E-state index < -0.39 is 5.82 Å². The van der Waals surface area contributed by atoms with E-state index in [2.05, 4.69) is 31.2 Å². The summed E-state index contributed by atoms with van der Waals surface area (Å²) in [5.41, 5.74) is 0.782. The molecule has 0 bridgehead atoms. The van der Waals surface area contributed by atoms with Crippen molar-refractivity contribution in [3.8, 4) is 11.6 Å². The van der Waals surface area contributed by atoms with Gasteiger partial charge in [-0.25, -0.2) is 9.37 Å². The van der Waals surface area contributed by atoms with Crippen LogP contribution >= 0.6 is 27.5 Å². The van der Waals surface area contributed by atoms with E-state index in [4.69, 9.17) is 16.3 Å². The van der Waals surface area contributed by atoms with Crippen LogP contribution in [0, 0.1) is 5.82 Å². The molecule has 0 spiro atoms. The molecule has 0 atom stereocenters. The summed E-state index contributed by atoms with van der Waals surface area (Å²) in [4.78, 5) is 8.42. The highest BCUT2D eigenvalue weighted by Gasteiger charge is 2.20. The molecule has 110 valence electrons. The van der Waals surface area contributed by atoms with Gasteiger partial charge in [0.05, 0.1) is 21.4 Å². The second-order valence-electron chi connectivity index (χ2n) is 4.80. The van der Waals surface area contributed by atoms with Gasteiger partial charge in [-0.05, 0) is 34.8 Å². The maximum atomic E-state index is 13.5. The maximum Gasteiger partial charge on any atom is 0.238 e. The van der Waals surface area contributed by atoms with Crippen molar-refractivity contribution in [3.63, 3.8) is 0 Å². The summed E-state index contributed by atoms with van der Waals surface area (Å²) >= 11 is 8.97. The van der Waals surface area contributed by atoms with E-state index in [1.807, 2.05) is 0 Å². The van der Waals surface area contributed by atoms with Crippen molar-refractivity contribution in [3.05, 3.63) is 45.5 Å². The van der Waals surface area contributed by atoms with Gasteiger partial charge in [-0.2, -0.15) is 0 Å². The number of halogens is 3. The zero-order chi connectivity index (χ0) is 14.8. The molecule has 1 aliphatic rings. The average Bonchev–Trinajstić information content (AvgIpc) is 3.27. The third-order valence-electron chi connectivity index (χ3n) is 3.00. The Morgan fingerprint density at radius 2 is 2.19 bits per heavy atom. The van der Waals surface area contributed by atoms with Crippen molar-refractivity contribution in [2.24, 2.45) is 0 Å². The Kier molecular flexibility index (Phi) is 4.37. The minimum atomic E-state index is -0.547. The molecule has 0 aliphatic heterocycles. The third-order valence-corrected chi connectivity index (χ3v) is 3.91. The Bertz CT molecular complexity index is 667. The molecule has 1 aliphatic carbocycles. The Morgan fingerprint density at radius 3 is 2.95 bits per heavy atom. The molecule has 2 aromatic rings. The lowest BCUT2D eigenvalue weighted by Gasteiger charge is -2.09. The molecule has 1 aromatic heterocycles. The molecule has 4 nitrogen and oxygen atoms in total. The summed E-state index contributed by atoms with van der Waals surface area (Å²) in [6.45, 7) is 0.644. The van der Waals surface area contributed by atoms with Gasteiger partial charge in [0, 0.05) is 24.8 Å². The van der Waals surface area contributed by atoms with Crippen LogP contribution in [-0.2, 0) is 6.54 Å². The molecule has 1 heterocycles. The second kappa shape index (κ2) is 6.25. The highest BCUT2D eigenvalue weighted by atomic mass is 79.9. The maximum absolute atomic E-state index is 13.5. The fraction of sp³-hybridized carbons (Fsp3) is 0.286. The van der Waals surface area contributed by atoms with Gasteiger partial charge in [0.15, 0.2) is 0 Å². The number of nitrogens with zero attached hydrogens (tertiary/aromatic N) is 2. The number of hydrogen-bond acceptors (Lipinski definition) is 4. The van der Waals surface area contributed by atoms with Gasteiger partial charge < -0.3 is 10.1 Å². The Morgan fingerprint density at radius 1 is 1.38 bits per heavy atom. The van der Waals surface area contributed by atoms with Crippen molar-refractivity contribution < 1.29 is 9.13 Å². The van der Waals surface area contributed by atoms with E-state index in [1.165, 1.54) is 31.2 Å². The molecule has 1 N–H and O–H groups in total. The van der Waals surface area contributed by atoms with Crippen LogP contribution in [0.2, 0.25) is 5.02 Å². The van der Waals surface area contributed by atoms with Crippen molar-refractivity contribution in [1.29, 1.82) is 0 Å². The molecular weight excluding hydrogens is 361 g/mol. The van der Waals surface area contributed by atoms with E-state index in [0.29, 0.717) is 28.7 Å². The van der Waals surface area contributed by atoms with Gasteiger partial charge in [0.2, 0.25) is 5.88 Å². The molecule has 1 saturated carbocycles. The van der Waals surface area contributed by atoms with Crippen LogP contribution in [0.5, 0.6) is 11.6 Å². The smallest absolute Gasteiger partial charge is 0.238 e. The number of hydrogen-bond donors (Lipinski definition) is 1. The number of ether oxygens (including phenoxy) is 1. The van der Waals surface area contributed by atoms with Crippen LogP contribution in [0.4, 0.5) is 4.39 Å². The first-order chi connectivity index (χ1) is 10.1. The molecular formula is C14H12BrClFN3O. The first-order valence-electron chi connectivity index (χ1n) is 6.48. The molecule has 1 fully saturated rings. The fourth-order valence-electron chi connectivity index (χ4n) is 1.75. The first-order valence-corrected chi connectivity index (χ1v) is 7.65.